The number of aliphatic imine (C=N–C) groups is 1. The minimum absolute atomic E-state index is 0.0174. The average molecular weight is 959 g/mol. The summed E-state index contributed by atoms with van der Waals surface area (Å²) in [5.74, 6) is -3.85. The molecule has 0 atom stereocenters. The number of thiocarbonyl (C=S) groups is 2. The first-order chi connectivity index (χ1) is 31.1. The van der Waals surface area contributed by atoms with Gasteiger partial charge < -0.3 is 40.8 Å². The number of amides is 7. The first-order valence-corrected chi connectivity index (χ1v) is 21.6. The third-order valence-electron chi connectivity index (χ3n) is 8.61. The van der Waals surface area contributed by atoms with Crippen LogP contribution in [-0.2, 0) is 47.8 Å². The van der Waals surface area contributed by atoms with Crippen LogP contribution in [0.1, 0.15) is 64.7 Å². The zero-order valence-electron chi connectivity index (χ0n) is 36.5. The molecular weight excluding hydrogens is 897 g/mol. The summed E-state index contributed by atoms with van der Waals surface area (Å²) in [7, 11) is 0. The highest BCUT2D eigenvalue weighted by molar-refractivity contribution is 7.80. The van der Waals surface area contributed by atoms with Crippen LogP contribution in [0.25, 0.3) is 0 Å². The van der Waals surface area contributed by atoms with Crippen molar-refractivity contribution in [2.75, 3.05) is 97.3 Å². The third-order valence-corrected chi connectivity index (χ3v) is 8.94. The Bertz CT molecular complexity index is 1690. The Balaban J connectivity index is 2.00. The minimum atomic E-state index is -0.712. The monoisotopic (exact) mass is 958 g/mol. The lowest BCUT2D eigenvalue weighted by Gasteiger charge is -2.16. The molecule has 0 aliphatic rings. The highest BCUT2D eigenvalue weighted by Crippen LogP contribution is 2.15. The maximum Gasteiger partial charge on any atom is 0.246 e. The van der Waals surface area contributed by atoms with Gasteiger partial charge in [0.05, 0.1) is 70.1 Å². The van der Waals surface area contributed by atoms with Crippen LogP contribution in [0.2, 0.25) is 0 Å². The number of ether oxygens (including phenoxy) is 3. The highest BCUT2D eigenvalue weighted by atomic mass is 32.1. The number of nitrogens with zero attached hydrogens (tertiary/aromatic N) is 5. The molecule has 364 valence electrons. The van der Waals surface area contributed by atoms with Gasteiger partial charge in [-0.15, -0.1) is 0 Å². The predicted molar refractivity (Wildman–Crippen MR) is 238 cm³/mol. The van der Waals surface area contributed by atoms with Gasteiger partial charge in [-0.3, -0.25) is 54.4 Å². The third kappa shape index (κ3) is 30.5. The summed E-state index contributed by atoms with van der Waals surface area (Å²) in [4.78, 5) is 87.2. The van der Waals surface area contributed by atoms with Crippen LogP contribution in [0.4, 0.5) is 11.4 Å². The standard InChI is InChI=1S/C39H62N10O14S2/c1-30(50)46(57)20-26-61-23-16-40-34(52)10-13-37(55)48(59)22-28-63-25-18-42-35(53)11-14-38(56)49(60)21-27-62-24-17-41-33(51)9-12-36(54)47(58)19-4-2-3-15-43-39(65)45-32-7-5-31(6-8-32)44-29-64/h5-8,57-60H,2-4,9-28H2,1H3,(H,40,52)(H,41,51)(H,42,53)(H2,43,45,65). The van der Waals surface area contributed by atoms with Crippen molar-refractivity contribution < 1.29 is 68.6 Å². The van der Waals surface area contributed by atoms with Crippen molar-refractivity contribution in [1.29, 1.82) is 0 Å². The van der Waals surface area contributed by atoms with Crippen molar-refractivity contribution in [3.8, 4) is 0 Å². The number of benzene rings is 1. The van der Waals surface area contributed by atoms with Crippen LogP contribution in [0.3, 0.4) is 0 Å². The molecule has 0 spiro atoms. The fraction of sp³-hybridized carbons (Fsp3) is 0.615. The highest BCUT2D eigenvalue weighted by Gasteiger charge is 2.16. The molecule has 1 aromatic carbocycles. The summed E-state index contributed by atoms with van der Waals surface area (Å²) in [5.41, 5.74) is 1.47. The van der Waals surface area contributed by atoms with Gasteiger partial charge in [0.2, 0.25) is 41.4 Å². The second-order valence-electron chi connectivity index (χ2n) is 13.8. The topological polar surface area (TPSA) is 314 Å². The number of hydrogen-bond acceptors (Lipinski definition) is 17. The van der Waals surface area contributed by atoms with E-state index in [4.69, 9.17) is 26.4 Å². The van der Waals surface area contributed by atoms with E-state index in [0.29, 0.717) is 44.0 Å². The maximum absolute atomic E-state index is 12.2. The second kappa shape index (κ2) is 36.0. The minimum Gasteiger partial charge on any atom is -0.378 e. The van der Waals surface area contributed by atoms with Crippen LogP contribution in [0.15, 0.2) is 29.3 Å². The largest absolute Gasteiger partial charge is 0.378 e. The molecule has 0 fully saturated rings. The van der Waals surface area contributed by atoms with Gasteiger partial charge in [0.1, 0.15) is 0 Å². The van der Waals surface area contributed by atoms with Crippen molar-refractivity contribution >= 4 is 87.4 Å². The van der Waals surface area contributed by atoms with Gasteiger partial charge >= 0.3 is 0 Å². The lowest BCUT2D eigenvalue weighted by molar-refractivity contribution is -0.168. The van der Waals surface area contributed by atoms with E-state index in [1.54, 1.807) is 12.1 Å². The summed E-state index contributed by atoms with van der Waals surface area (Å²) in [6.45, 7) is 2.05. The predicted octanol–water partition coefficient (Wildman–Crippen LogP) is 0.508. The van der Waals surface area contributed by atoms with Crippen molar-refractivity contribution in [3.63, 3.8) is 0 Å². The molecular formula is C39H62N10O14S2. The van der Waals surface area contributed by atoms with Gasteiger partial charge in [-0.1, -0.05) is 0 Å². The van der Waals surface area contributed by atoms with E-state index in [1.165, 1.54) is 6.92 Å². The molecule has 0 heterocycles. The molecule has 26 heteroatoms. The summed E-state index contributed by atoms with van der Waals surface area (Å²) < 4.78 is 15.8. The zero-order chi connectivity index (χ0) is 48.2. The Kier molecular flexibility index (Phi) is 32.0. The van der Waals surface area contributed by atoms with E-state index in [9.17, 15) is 54.4 Å². The Morgan fingerprint density at radius 1 is 0.554 bits per heavy atom. The summed E-state index contributed by atoms with van der Waals surface area (Å²) in [6.07, 6.45) is 0.774. The molecule has 0 aliphatic heterocycles. The lowest BCUT2D eigenvalue weighted by Crippen LogP contribution is -2.34. The molecule has 0 unspecified atom stereocenters. The smallest absolute Gasteiger partial charge is 0.246 e. The maximum atomic E-state index is 12.2. The molecule has 0 aliphatic carbocycles. The molecule has 1 aromatic rings. The van der Waals surface area contributed by atoms with Crippen LogP contribution in [0, 0.1) is 0 Å². The second-order valence-corrected chi connectivity index (χ2v) is 14.4. The molecule has 0 radical (unpaired) electrons. The summed E-state index contributed by atoms with van der Waals surface area (Å²) in [5, 5.41) is 57.5. The normalized spacial score (nSPS) is 10.5. The van der Waals surface area contributed by atoms with E-state index in [2.05, 4.69) is 49.0 Å². The lowest BCUT2D eigenvalue weighted by atomic mass is 10.2. The van der Waals surface area contributed by atoms with E-state index < -0.39 is 41.4 Å². The Hall–Kier alpha value is -5.28. The number of hydroxylamine groups is 8. The number of carbonyl (C=O) groups excluding carboxylic acids is 7. The molecule has 0 saturated heterocycles. The Morgan fingerprint density at radius 2 is 0.969 bits per heavy atom. The van der Waals surface area contributed by atoms with E-state index in [1.807, 2.05) is 12.1 Å². The van der Waals surface area contributed by atoms with E-state index >= 15 is 0 Å². The average Bonchev–Trinajstić information content (AvgIpc) is 3.28. The number of rotatable bonds is 35. The Labute approximate surface area is 387 Å². The van der Waals surface area contributed by atoms with E-state index in [-0.39, 0.29) is 124 Å². The van der Waals surface area contributed by atoms with Gasteiger partial charge in [0.25, 0.3) is 0 Å². The van der Waals surface area contributed by atoms with Gasteiger partial charge in [-0.25, -0.2) is 20.3 Å². The molecule has 0 saturated carbocycles. The number of hydrogen-bond donors (Lipinski definition) is 9. The number of isothiocyanates is 1. The van der Waals surface area contributed by atoms with Crippen LogP contribution in [0.5, 0.6) is 0 Å². The number of carbonyl (C=O) groups is 7. The van der Waals surface area contributed by atoms with Gasteiger partial charge in [-0.05, 0) is 68.0 Å². The van der Waals surface area contributed by atoms with Gasteiger partial charge in [-0.2, -0.15) is 4.99 Å². The number of anilines is 1. The first kappa shape index (κ1) is 57.7. The number of unbranched alkanes of at least 4 members (excludes halogenated alkanes) is 2. The molecule has 0 aromatic heterocycles. The van der Waals surface area contributed by atoms with Crippen molar-refractivity contribution in [1.82, 2.24) is 41.5 Å². The van der Waals surface area contributed by atoms with Gasteiger partial charge in [0, 0.05) is 83.9 Å². The fourth-order valence-corrected chi connectivity index (χ4v) is 5.33. The fourth-order valence-electron chi connectivity index (χ4n) is 5.00. The molecule has 0 bridgehead atoms. The zero-order valence-corrected chi connectivity index (χ0v) is 38.1. The van der Waals surface area contributed by atoms with Gasteiger partial charge in [0.15, 0.2) is 5.11 Å². The molecule has 65 heavy (non-hydrogen) atoms. The molecule has 1 rings (SSSR count). The van der Waals surface area contributed by atoms with Crippen molar-refractivity contribution in [2.45, 2.75) is 64.7 Å². The van der Waals surface area contributed by atoms with Crippen LogP contribution in [-0.4, -0.2) is 185 Å². The van der Waals surface area contributed by atoms with Crippen LogP contribution >= 0.6 is 24.4 Å². The molecule has 7 amide bonds. The quantitative estimate of drug-likeness (QED) is 0.0147. The summed E-state index contributed by atoms with van der Waals surface area (Å²) >= 11 is 9.87. The van der Waals surface area contributed by atoms with Crippen molar-refractivity contribution in [2.24, 2.45) is 4.99 Å². The summed E-state index contributed by atoms with van der Waals surface area (Å²) in [6, 6.07) is 7.17. The number of nitrogens with one attached hydrogen (secondary N) is 5. The van der Waals surface area contributed by atoms with E-state index in [0.717, 1.165) is 18.5 Å². The first-order valence-electron chi connectivity index (χ1n) is 20.8. The molecule has 9 N–H and O–H groups in total. The molecule has 24 nitrogen and oxygen atoms in total. The Morgan fingerprint density at radius 3 is 1.38 bits per heavy atom. The SMILES string of the molecule is CC(=O)N(O)CCOCCNC(=O)CCC(=O)N(O)CCOCCNC(=O)CCC(=O)N(O)CCOCCNC(=O)CCC(=O)N(O)CCCCCNC(=S)Nc1ccc(N=C=S)cc1. The van der Waals surface area contributed by atoms with Crippen LogP contribution < -0.4 is 26.6 Å². The van der Waals surface area contributed by atoms with Crippen molar-refractivity contribution in [3.05, 3.63) is 24.3 Å².